The number of rotatable bonds is 12. The molecule has 3 aliphatic rings. The largest absolute Gasteiger partial charge is 0.489 e. The molecule has 4 N–H and O–H groups in total. The predicted molar refractivity (Wildman–Crippen MR) is 242 cm³/mol. The summed E-state index contributed by atoms with van der Waals surface area (Å²) >= 11 is 6.23. The number of amides is 1. The second kappa shape index (κ2) is 17.4. The molecule has 3 aromatic carbocycles. The highest BCUT2D eigenvalue weighted by molar-refractivity contribution is 7.90. The second-order valence-corrected chi connectivity index (χ2v) is 20.7. The number of sulfonamides is 1. The van der Waals surface area contributed by atoms with Crippen molar-refractivity contribution in [3.63, 3.8) is 0 Å². The van der Waals surface area contributed by atoms with Crippen LogP contribution in [0.1, 0.15) is 49.0 Å². The number of allylic oxidation sites excluding steroid dienone is 1. The average molecular weight is 919 g/mol. The summed E-state index contributed by atoms with van der Waals surface area (Å²) in [4.78, 5) is 36.8. The smallest absolute Gasteiger partial charge is 0.297 e. The van der Waals surface area contributed by atoms with Crippen molar-refractivity contribution in [2.45, 2.75) is 44.0 Å². The van der Waals surface area contributed by atoms with Crippen molar-refractivity contribution >= 4 is 71.2 Å². The summed E-state index contributed by atoms with van der Waals surface area (Å²) in [5.41, 5.74) is 4.77. The maximum atomic E-state index is 14.0. The molecule has 4 heterocycles. The van der Waals surface area contributed by atoms with Crippen LogP contribution in [0.25, 0.3) is 16.6 Å². The van der Waals surface area contributed by atoms with Gasteiger partial charge in [-0.3, -0.25) is 19.8 Å². The molecule has 8 rings (SSSR count). The molecule has 1 unspecified atom stereocenters. The van der Waals surface area contributed by atoms with Gasteiger partial charge in [0.25, 0.3) is 21.6 Å². The first kappa shape index (κ1) is 43.9. The highest BCUT2D eigenvalue weighted by atomic mass is 35.5. The Kier molecular flexibility index (Phi) is 12.2. The summed E-state index contributed by atoms with van der Waals surface area (Å²) in [5, 5.41) is 16.5. The summed E-state index contributed by atoms with van der Waals surface area (Å²) < 4.78 is 66.4. The van der Waals surface area contributed by atoms with Gasteiger partial charge in [-0.2, -0.15) is 0 Å². The summed E-state index contributed by atoms with van der Waals surface area (Å²) in [6.45, 7) is 8.12. The van der Waals surface area contributed by atoms with E-state index < -0.39 is 47.5 Å². The normalized spacial score (nSPS) is 18.7. The Morgan fingerprint density at radius 2 is 1.86 bits per heavy atom. The summed E-state index contributed by atoms with van der Waals surface area (Å²) in [6.07, 6.45) is 7.39. The van der Waals surface area contributed by atoms with Gasteiger partial charge in [-0.15, -0.1) is 0 Å². The van der Waals surface area contributed by atoms with Crippen molar-refractivity contribution in [3.8, 4) is 17.2 Å². The molecular formula is C43H47ClN8O9S2. The topological polar surface area (TPSA) is 222 Å². The minimum Gasteiger partial charge on any atom is -0.489 e. The number of H-pyrrole nitrogens is 1. The number of hydrogen-bond donors (Lipinski definition) is 4. The number of aromatic amines is 1. The molecule has 5 aromatic rings. The molecule has 17 nitrogen and oxygen atoms in total. The van der Waals surface area contributed by atoms with Crippen LogP contribution < -0.4 is 24.4 Å². The van der Waals surface area contributed by atoms with Gasteiger partial charge in [0.15, 0.2) is 21.4 Å². The van der Waals surface area contributed by atoms with Gasteiger partial charge >= 0.3 is 0 Å². The van der Waals surface area contributed by atoms with Crippen LogP contribution in [0.4, 0.5) is 17.1 Å². The molecule has 332 valence electrons. The number of nitrogens with zero attached hydrogens (tertiary/aromatic N) is 5. The number of carbonyl (C=O) groups is 1. The lowest BCUT2D eigenvalue weighted by molar-refractivity contribution is -0.384. The van der Waals surface area contributed by atoms with Crippen LogP contribution in [0.15, 0.2) is 94.0 Å². The Labute approximate surface area is 370 Å². The SMILES string of the molecule is CC1(C)CCC(CN2CCN(c3ccc(C(=O)NS(=O)(=O)c4cc5c(c([N+](=O)[O-])c4)N[C@H](CN=S(C)(=O)O)CO5)c(Oc4cnc5[nH]ccc5c4)c3)CC2)=C(c2ccc(Cl)cc2)C1. The standard InChI is InChI=1S/C43H47ClN8O9S2/c1-43(2)12-10-29(36(22-43)27-4-6-30(44)7-5-27)25-50-14-16-51(17-15-50)32-8-9-35(38(19-32)61-33-18-28-11-13-45-41(28)46-24-33)42(53)49-63(58,59)34-20-37(52(54)55)40-39(21-34)60-26-31(48-40)23-47-62(3,56)57/h4-9,11,13,18-21,24,31,48H,10,12,14-17,22-23,25-26H2,1-3H3,(H,45,46)(H,49,53)(H,47,56,57)/t31-/m1/s1. The average Bonchev–Trinajstić information content (AvgIpc) is 3.71. The number of anilines is 2. The van der Waals surface area contributed by atoms with Crippen molar-refractivity contribution in [1.29, 1.82) is 0 Å². The summed E-state index contributed by atoms with van der Waals surface area (Å²) in [7, 11) is -8.17. The summed E-state index contributed by atoms with van der Waals surface area (Å²) in [5.74, 6) is -0.813. The van der Waals surface area contributed by atoms with Crippen LogP contribution in [0, 0.1) is 15.5 Å². The van der Waals surface area contributed by atoms with Gasteiger partial charge in [-0.05, 0) is 72.2 Å². The minimum atomic E-state index is -4.73. The third-order valence-corrected chi connectivity index (χ3v) is 13.6. The fourth-order valence-electron chi connectivity index (χ4n) is 8.11. The fourth-order valence-corrected chi connectivity index (χ4v) is 9.70. The van der Waals surface area contributed by atoms with E-state index in [1.807, 2.05) is 18.2 Å². The Morgan fingerprint density at radius 3 is 2.59 bits per heavy atom. The van der Waals surface area contributed by atoms with Crippen LogP contribution in [0.5, 0.6) is 17.2 Å². The third kappa shape index (κ3) is 10.2. The van der Waals surface area contributed by atoms with E-state index in [4.69, 9.17) is 21.1 Å². The van der Waals surface area contributed by atoms with Crippen LogP contribution in [-0.4, -0.2) is 101 Å². The van der Waals surface area contributed by atoms with E-state index >= 15 is 0 Å². The molecule has 1 aliphatic carbocycles. The zero-order valence-electron chi connectivity index (χ0n) is 34.8. The van der Waals surface area contributed by atoms with Crippen LogP contribution in [0.3, 0.4) is 0 Å². The van der Waals surface area contributed by atoms with Gasteiger partial charge in [-0.25, -0.2) is 26.7 Å². The number of nitrogens with one attached hydrogen (secondary N) is 3. The number of hydrogen-bond acceptors (Lipinski definition) is 13. The molecule has 1 fully saturated rings. The maximum Gasteiger partial charge on any atom is 0.297 e. The number of carbonyl (C=O) groups excluding carboxylic acids is 1. The lowest BCUT2D eigenvalue weighted by atomic mass is 9.72. The zero-order valence-corrected chi connectivity index (χ0v) is 37.2. The van der Waals surface area contributed by atoms with E-state index in [0.717, 1.165) is 68.4 Å². The lowest BCUT2D eigenvalue weighted by Crippen LogP contribution is -2.47. The predicted octanol–water partition coefficient (Wildman–Crippen LogP) is 7.57. The number of nitro benzene ring substituents is 1. The van der Waals surface area contributed by atoms with Crippen molar-refractivity contribution in [1.82, 2.24) is 19.6 Å². The van der Waals surface area contributed by atoms with Crippen LogP contribution in [0.2, 0.25) is 5.02 Å². The molecule has 1 amide bonds. The molecule has 0 bridgehead atoms. The first-order valence-corrected chi connectivity index (χ1v) is 24.0. The van der Waals surface area contributed by atoms with Gasteiger partial charge < -0.3 is 29.2 Å². The first-order valence-electron chi connectivity index (χ1n) is 20.3. The Morgan fingerprint density at radius 1 is 1.10 bits per heavy atom. The molecule has 0 spiro atoms. The number of nitro groups is 1. The molecule has 20 heteroatoms. The number of benzene rings is 3. The highest BCUT2D eigenvalue weighted by Crippen LogP contribution is 2.44. The van der Waals surface area contributed by atoms with Gasteiger partial charge in [-0.1, -0.05) is 43.2 Å². The summed E-state index contributed by atoms with van der Waals surface area (Å²) in [6, 6.07) is 17.8. The van der Waals surface area contributed by atoms with E-state index in [9.17, 15) is 32.1 Å². The van der Waals surface area contributed by atoms with E-state index in [-0.39, 0.29) is 41.3 Å². The number of piperazine rings is 1. The number of halogens is 1. The molecule has 1 saturated heterocycles. The van der Waals surface area contributed by atoms with Crippen LogP contribution in [-0.2, 0) is 20.0 Å². The number of ether oxygens (including phenoxy) is 2. The van der Waals surface area contributed by atoms with E-state index in [0.29, 0.717) is 29.5 Å². The Hall–Kier alpha value is -5.73. The fraction of sp³-hybridized carbons (Fsp3) is 0.349. The van der Waals surface area contributed by atoms with Crippen molar-refractivity contribution in [2.75, 3.05) is 62.3 Å². The first-order chi connectivity index (χ1) is 29.9. The van der Waals surface area contributed by atoms with Crippen molar-refractivity contribution < 1.29 is 36.4 Å². The van der Waals surface area contributed by atoms with Crippen molar-refractivity contribution in [3.05, 3.63) is 111 Å². The molecule has 2 aliphatic heterocycles. The maximum absolute atomic E-state index is 14.0. The molecule has 63 heavy (non-hydrogen) atoms. The van der Waals surface area contributed by atoms with E-state index in [1.165, 1.54) is 29.0 Å². The van der Waals surface area contributed by atoms with Crippen molar-refractivity contribution in [2.24, 2.45) is 9.78 Å². The monoisotopic (exact) mass is 918 g/mol. The Balaban J connectivity index is 1.03. The second-order valence-electron chi connectivity index (χ2n) is 16.8. The van der Waals surface area contributed by atoms with Gasteiger partial charge in [0.1, 0.15) is 23.8 Å². The molecule has 0 saturated carbocycles. The van der Waals surface area contributed by atoms with Gasteiger partial charge in [0.2, 0.25) is 0 Å². The third-order valence-electron chi connectivity index (χ3n) is 11.5. The molecule has 2 aromatic heterocycles. The molecular weight excluding hydrogens is 872 g/mol. The van der Waals surface area contributed by atoms with E-state index in [1.54, 1.807) is 24.4 Å². The van der Waals surface area contributed by atoms with Crippen LogP contribution >= 0.6 is 11.6 Å². The number of aromatic nitrogens is 2. The van der Waals surface area contributed by atoms with Gasteiger partial charge in [0.05, 0.1) is 34.2 Å². The minimum absolute atomic E-state index is 0.0706. The highest BCUT2D eigenvalue weighted by Gasteiger charge is 2.33. The quantitative estimate of drug-likeness (QED) is 0.0702. The zero-order chi connectivity index (χ0) is 44.7. The number of fused-ring (bicyclic) bond motifs is 2. The molecule has 0 radical (unpaired) electrons. The lowest BCUT2D eigenvalue weighted by Gasteiger charge is -2.39. The Bertz CT molecular complexity index is 2860. The van der Waals surface area contributed by atoms with Gasteiger partial charge in [0, 0.05) is 79.5 Å². The number of pyridine rings is 1. The molecule has 2 atom stereocenters. The van der Waals surface area contributed by atoms with E-state index in [2.05, 4.69) is 60.1 Å².